The monoisotopic (exact) mass is 352 g/mol. The average molecular weight is 352 g/mol. The summed E-state index contributed by atoms with van der Waals surface area (Å²) in [5.41, 5.74) is 2.12. The SMILES string of the molecule is CC(C)(C)C(O)=Cc1cccc(-c2cccc(C=C(O)C(C)(C)C)n2)n1. The molecule has 0 unspecified atom stereocenters. The summed E-state index contributed by atoms with van der Waals surface area (Å²) in [4.78, 5) is 9.17. The van der Waals surface area contributed by atoms with Crippen molar-refractivity contribution in [1.82, 2.24) is 9.97 Å². The van der Waals surface area contributed by atoms with Crippen molar-refractivity contribution in [3.63, 3.8) is 0 Å². The van der Waals surface area contributed by atoms with Crippen molar-refractivity contribution < 1.29 is 10.2 Å². The van der Waals surface area contributed by atoms with Crippen molar-refractivity contribution in [3.05, 3.63) is 59.3 Å². The van der Waals surface area contributed by atoms with E-state index in [2.05, 4.69) is 9.97 Å². The summed E-state index contributed by atoms with van der Waals surface area (Å²) in [5, 5.41) is 20.4. The van der Waals surface area contributed by atoms with Crippen LogP contribution in [0.4, 0.5) is 0 Å². The fourth-order valence-corrected chi connectivity index (χ4v) is 2.06. The molecule has 4 heteroatoms. The maximum absolute atomic E-state index is 10.2. The zero-order valence-corrected chi connectivity index (χ0v) is 16.4. The summed E-state index contributed by atoms with van der Waals surface area (Å²) in [6, 6.07) is 11.2. The molecule has 0 fully saturated rings. The standard InChI is InChI=1S/C22H28N2O2/c1-21(2,3)19(25)13-15-9-7-11-17(23-15)18-12-8-10-16(24-18)14-20(26)22(4,5)6/h7-14,25-26H,1-6H3. The van der Waals surface area contributed by atoms with E-state index in [0.29, 0.717) is 22.8 Å². The van der Waals surface area contributed by atoms with Crippen LogP contribution in [0.1, 0.15) is 52.9 Å². The number of allylic oxidation sites excluding steroid dienone is 2. The van der Waals surface area contributed by atoms with Crippen molar-refractivity contribution in [2.45, 2.75) is 41.5 Å². The van der Waals surface area contributed by atoms with Gasteiger partial charge in [-0.1, -0.05) is 53.7 Å². The molecule has 0 aromatic carbocycles. The quantitative estimate of drug-likeness (QED) is 0.662. The van der Waals surface area contributed by atoms with E-state index in [4.69, 9.17) is 0 Å². The van der Waals surface area contributed by atoms with Gasteiger partial charge in [0.2, 0.25) is 0 Å². The van der Waals surface area contributed by atoms with Gasteiger partial charge in [-0.2, -0.15) is 0 Å². The summed E-state index contributed by atoms with van der Waals surface area (Å²) in [7, 11) is 0. The molecular formula is C22H28N2O2. The van der Waals surface area contributed by atoms with Gasteiger partial charge in [-0.05, 0) is 24.3 Å². The molecule has 0 aliphatic heterocycles. The first-order valence-electron chi connectivity index (χ1n) is 8.73. The largest absolute Gasteiger partial charge is 0.512 e. The van der Waals surface area contributed by atoms with E-state index in [1.54, 1.807) is 12.2 Å². The van der Waals surface area contributed by atoms with Crippen LogP contribution in [-0.2, 0) is 0 Å². The number of hydrogen-bond donors (Lipinski definition) is 2. The molecular weight excluding hydrogens is 324 g/mol. The Morgan fingerprint density at radius 1 is 0.692 bits per heavy atom. The van der Waals surface area contributed by atoms with E-state index in [0.717, 1.165) is 0 Å². The molecule has 4 nitrogen and oxygen atoms in total. The molecule has 138 valence electrons. The maximum Gasteiger partial charge on any atom is 0.0997 e. The summed E-state index contributed by atoms with van der Waals surface area (Å²) in [6.07, 6.45) is 3.36. The molecule has 2 aromatic rings. The number of aromatic nitrogens is 2. The van der Waals surface area contributed by atoms with E-state index in [9.17, 15) is 10.2 Å². The molecule has 0 atom stereocenters. The van der Waals surface area contributed by atoms with E-state index < -0.39 is 0 Å². The van der Waals surface area contributed by atoms with Crippen LogP contribution in [0.5, 0.6) is 0 Å². The Hall–Kier alpha value is -2.62. The third-order valence-electron chi connectivity index (χ3n) is 3.91. The molecule has 0 saturated heterocycles. The van der Waals surface area contributed by atoms with Crippen LogP contribution in [0, 0.1) is 10.8 Å². The topological polar surface area (TPSA) is 66.2 Å². The van der Waals surface area contributed by atoms with Gasteiger partial charge in [0.1, 0.15) is 0 Å². The normalized spacial score (nSPS) is 13.8. The van der Waals surface area contributed by atoms with Crippen molar-refractivity contribution >= 4 is 12.2 Å². The lowest BCUT2D eigenvalue weighted by molar-refractivity contribution is 0.282. The molecule has 0 amide bonds. The Morgan fingerprint density at radius 2 is 1.04 bits per heavy atom. The van der Waals surface area contributed by atoms with Crippen LogP contribution in [0.3, 0.4) is 0 Å². The van der Waals surface area contributed by atoms with Crippen molar-refractivity contribution in [3.8, 4) is 11.4 Å². The average Bonchev–Trinajstić information content (AvgIpc) is 2.53. The lowest BCUT2D eigenvalue weighted by Crippen LogP contribution is -2.08. The summed E-state index contributed by atoms with van der Waals surface area (Å²) in [6.45, 7) is 11.7. The van der Waals surface area contributed by atoms with Crippen LogP contribution in [-0.4, -0.2) is 20.2 Å². The third kappa shape index (κ3) is 5.19. The van der Waals surface area contributed by atoms with Crippen LogP contribution in [0.2, 0.25) is 0 Å². The molecule has 2 rings (SSSR count). The molecule has 26 heavy (non-hydrogen) atoms. The van der Waals surface area contributed by atoms with E-state index >= 15 is 0 Å². The van der Waals surface area contributed by atoms with Gasteiger partial charge in [0.25, 0.3) is 0 Å². The number of aliphatic hydroxyl groups is 2. The molecule has 2 heterocycles. The van der Waals surface area contributed by atoms with Crippen molar-refractivity contribution in [2.24, 2.45) is 10.8 Å². The van der Waals surface area contributed by atoms with Crippen LogP contribution in [0.25, 0.3) is 23.5 Å². The summed E-state index contributed by atoms with van der Waals surface area (Å²) in [5.74, 6) is 0.559. The summed E-state index contributed by atoms with van der Waals surface area (Å²) >= 11 is 0. The minimum Gasteiger partial charge on any atom is -0.512 e. The lowest BCUT2D eigenvalue weighted by Gasteiger charge is -2.17. The van der Waals surface area contributed by atoms with Gasteiger partial charge in [0.05, 0.1) is 34.3 Å². The van der Waals surface area contributed by atoms with Crippen molar-refractivity contribution in [1.29, 1.82) is 0 Å². The Balaban J connectivity index is 2.39. The predicted molar refractivity (Wildman–Crippen MR) is 108 cm³/mol. The van der Waals surface area contributed by atoms with Gasteiger partial charge in [-0.3, -0.25) is 0 Å². The van der Waals surface area contributed by atoms with Gasteiger partial charge in [-0.15, -0.1) is 0 Å². The fourth-order valence-electron chi connectivity index (χ4n) is 2.06. The Kier molecular flexibility index (Phi) is 5.55. The smallest absolute Gasteiger partial charge is 0.0997 e. The summed E-state index contributed by atoms with van der Waals surface area (Å²) < 4.78 is 0. The van der Waals surface area contributed by atoms with Gasteiger partial charge in [0.15, 0.2) is 0 Å². The molecule has 2 N–H and O–H groups in total. The minimum absolute atomic E-state index is 0.280. The molecule has 0 spiro atoms. The van der Waals surface area contributed by atoms with E-state index in [1.165, 1.54) is 0 Å². The van der Waals surface area contributed by atoms with Gasteiger partial charge < -0.3 is 10.2 Å². The number of rotatable bonds is 3. The van der Waals surface area contributed by atoms with Crippen molar-refractivity contribution in [2.75, 3.05) is 0 Å². The molecule has 0 saturated carbocycles. The van der Waals surface area contributed by atoms with E-state index in [1.807, 2.05) is 77.9 Å². The number of pyridine rings is 2. The molecule has 0 bridgehead atoms. The first-order valence-corrected chi connectivity index (χ1v) is 8.73. The number of nitrogens with zero attached hydrogens (tertiary/aromatic N) is 2. The minimum atomic E-state index is -0.328. The molecule has 2 aromatic heterocycles. The maximum atomic E-state index is 10.2. The second-order valence-electron chi connectivity index (χ2n) is 8.45. The van der Waals surface area contributed by atoms with Gasteiger partial charge in [0, 0.05) is 23.0 Å². The van der Waals surface area contributed by atoms with Crippen LogP contribution in [0.15, 0.2) is 47.9 Å². The fraction of sp³-hybridized carbons (Fsp3) is 0.364. The zero-order chi connectivity index (χ0) is 19.5. The zero-order valence-electron chi connectivity index (χ0n) is 16.4. The first kappa shape index (κ1) is 19.7. The van der Waals surface area contributed by atoms with Gasteiger partial charge in [-0.25, -0.2) is 9.97 Å². The van der Waals surface area contributed by atoms with Gasteiger partial charge >= 0.3 is 0 Å². The second-order valence-corrected chi connectivity index (χ2v) is 8.45. The lowest BCUT2D eigenvalue weighted by atomic mass is 9.93. The highest BCUT2D eigenvalue weighted by molar-refractivity contribution is 5.60. The first-order chi connectivity index (χ1) is 12.0. The van der Waals surface area contributed by atoms with E-state index in [-0.39, 0.29) is 22.3 Å². The highest BCUT2D eigenvalue weighted by Gasteiger charge is 2.17. The Morgan fingerprint density at radius 3 is 1.35 bits per heavy atom. The third-order valence-corrected chi connectivity index (χ3v) is 3.91. The number of hydrogen-bond acceptors (Lipinski definition) is 4. The Bertz CT molecular complexity index is 766. The van der Waals surface area contributed by atoms with Crippen LogP contribution < -0.4 is 0 Å². The Labute approximate surface area is 156 Å². The second kappa shape index (κ2) is 7.32. The highest BCUT2D eigenvalue weighted by atomic mass is 16.3. The molecule has 0 radical (unpaired) electrons. The number of aliphatic hydroxyl groups excluding tert-OH is 2. The predicted octanol–water partition coefficient (Wildman–Crippen LogP) is 6.03. The molecule has 0 aliphatic carbocycles. The molecule has 0 aliphatic rings. The van der Waals surface area contributed by atoms with Crippen LogP contribution >= 0.6 is 0 Å². The highest BCUT2D eigenvalue weighted by Crippen LogP contribution is 2.26.